The molecule has 4 aromatic rings. The van der Waals surface area contributed by atoms with Gasteiger partial charge in [-0.15, -0.1) is 0 Å². The highest BCUT2D eigenvalue weighted by Crippen LogP contribution is 2.32. The molecule has 4 aromatic carbocycles. The van der Waals surface area contributed by atoms with Gasteiger partial charge in [0.2, 0.25) is 0 Å². The maximum absolute atomic E-state index is 4.85. The monoisotopic (exact) mass is 365 g/mol. The molecule has 0 aromatic heterocycles. The molecule has 0 aliphatic heterocycles. The number of hydrogen-bond donors (Lipinski definition) is 0. The largest absolute Gasteiger partial charge is 0.378 e. The number of anilines is 3. The van der Waals surface area contributed by atoms with E-state index < -0.39 is 0 Å². The SMILES string of the molecule is CN(C)c1ccc(/C=N/N(c2ccccc2)c2cccc3ccccc23)cc1. The maximum atomic E-state index is 4.85. The van der Waals surface area contributed by atoms with Crippen LogP contribution >= 0.6 is 0 Å². The Balaban J connectivity index is 1.76. The third-order valence-corrected chi connectivity index (χ3v) is 4.73. The first-order valence-corrected chi connectivity index (χ1v) is 9.37. The zero-order valence-corrected chi connectivity index (χ0v) is 16.2. The second-order valence-corrected chi connectivity index (χ2v) is 6.88. The molecule has 0 aliphatic rings. The van der Waals surface area contributed by atoms with Crippen LogP contribution in [0.1, 0.15) is 5.56 Å². The Morgan fingerprint density at radius 1 is 0.643 bits per heavy atom. The highest BCUT2D eigenvalue weighted by molar-refractivity contribution is 5.96. The van der Waals surface area contributed by atoms with Gasteiger partial charge in [0.25, 0.3) is 0 Å². The van der Waals surface area contributed by atoms with Crippen LogP contribution in [0.5, 0.6) is 0 Å². The zero-order chi connectivity index (χ0) is 19.3. The first-order chi connectivity index (χ1) is 13.7. The summed E-state index contributed by atoms with van der Waals surface area (Å²) in [5.41, 5.74) is 4.32. The minimum atomic E-state index is 1.03. The summed E-state index contributed by atoms with van der Waals surface area (Å²) in [6.45, 7) is 0. The van der Waals surface area contributed by atoms with E-state index >= 15 is 0 Å². The Hall–Kier alpha value is -3.59. The molecule has 28 heavy (non-hydrogen) atoms. The molecule has 138 valence electrons. The van der Waals surface area contributed by atoms with Crippen LogP contribution < -0.4 is 9.91 Å². The molecule has 0 spiro atoms. The van der Waals surface area contributed by atoms with Crippen molar-refractivity contribution < 1.29 is 0 Å². The third kappa shape index (κ3) is 3.74. The Labute approximate surface area is 166 Å². The predicted octanol–water partition coefficient (Wildman–Crippen LogP) is 6.08. The third-order valence-electron chi connectivity index (χ3n) is 4.73. The molecule has 3 heteroatoms. The molecule has 0 bridgehead atoms. The lowest BCUT2D eigenvalue weighted by molar-refractivity contribution is 1.10. The molecule has 0 unspecified atom stereocenters. The average molecular weight is 365 g/mol. The van der Waals surface area contributed by atoms with Gasteiger partial charge in [-0.25, -0.2) is 5.01 Å². The molecule has 3 nitrogen and oxygen atoms in total. The standard InChI is InChI=1S/C25H23N3/c1-27(2)22-17-15-20(16-18-22)19-26-28(23-11-4-3-5-12-23)25-14-8-10-21-9-6-7-13-24(21)25/h3-19H,1-2H3/b26-19+. The number of rotatable bonds is 5. The number of nitrogens with zero attached hydrogens (tertiary/aromatic N) is 3. The second-order valence-electron chi connectivity index (χ2n) is 6.88. The zero-order valence-electron chi connectivity index (χ0n) is 16.2. The van der Waals surface area contributed by atoms with Gasteiger partial charge in [0.05, 0.1) is 17.6 Å². The Morgan fingerprint density at radius 3 is 2.07 bits per heavy atom. The first kappa shape index (κ1) is 17.8. The van der Waals surface area contributed by atoms with Gasteiger partial charge in [0.1, 0.15) is 0 Å². The number of fused-ring (bicyclic) bond motifs is 1. The molecule has 0 aliphatic carbocycles. The molecule has 0 radical (unpaired) electrons. The highest BCUT2D eigenvalue weighted by Gasteiger charge is 2.11. The van der Waals surface area contributed by atoms with Crippen LogP contribution in [0.2, 0.25) is 0 Å². The Morgan fingerprint density at radius 2 is 1.32 bits per heavy atom. The lowest BCUT2D eigenvalue weighted by atomic mass is 10.1. The normalized spacial score (nSPS) is 11.1. The summed E-state index contributed by atoms with van der Waals surface area (Å²) in [4.78, 5) is 2.09. The van der Waals surface area contributed by atoms with E-state index in [0.717, 1.165) is 16.9 Å². The average Bonchev–Trinajstić information content (AvgIpc) is 2.75. The summed E-state index contributed by atoms with van der Waals surface area (Å²) in [6, 6.07) is 33.4. The van der Waals surface area contributed by atoms with Crippen molar-refractivity contribution in [2.24, 2.45) is 5.10 Å². The van der Waals surface area contributed by atoms with E-state index in [4.69, 9.17) is 5.10 Å². The topological polar surface area (TPSA) is 18.8 Å². The van der Waals surface area contributed by atoms with Crippen molar-refractivity contribution in [3.8, 4) is 0 Å². The van der Waals surface area contributed by atoms with Crippen molar-refractivity contribution in [1.29, 1.82) is 0 Å². The number of hydrogen-bond acceptors (Lipinski definition) is 3. The van der Waals surface area contributed by atoms with Crippen LogP contribution in [-0.4, -0.2) is 20.3 Å². The fraction of sp³-hybridized carbons (Fsp3) is 0.0800. The van der Waals surface area contributed by atoms with E-state index in [2.05, 4.69) is 83.8 Å². The van der Waals surface area contributed by atoms with Crippen molar-refractivity contribution in [1.82, 2.24) is 0 Å². The molecule has 0 saturated carbocycles. The fourth-order valence-electron chi connectivity index (χ4n) is 3.21. The lowest BCUT2D eigenvalue weighted by Gasteiger charge is -2.21. The van der Waals surface area contributed by atoms with Gasteiger partial charge in [-0.1, -0.05) is 66.7 Å². The van der Waals surface area contributed by atoms with Gasteiger partial charge < -0.3 is 4.90 Å². The molecular weight excluding hydrogens is 342 g/mol. The second kappa shape index (κ2) is 7.97. The molecule has 0 N–H and O–H groups in total. The summed E-state index contributed by atoms with van der Waals surface area (Å²) >= 11 is 0. The summed E-state index contributed by atoms with van der Waals surface area (Å²) in [5, 5.41) is 9.23. The van der Waals surface area contributed by atoms with Crippen LogP contribution in [-0.2, 0) is 0 Å². The lowest BCUT2D eigenvalue weighted by Crippen LogP contribution is -2.10. The van der Waals surface area contributed by atoms with Gasteiger partial charge in [-0.2, -0.15) is 5.10 Å². The van der Waals surface area contributed by atoms with Crippen molar-refractivity contribution in [2.45, 2.75) is 0 Å². The minimum Gasteiger partial charge on any atom is -0.378 e. The van der Waals surface area contributed by atoms with Crippen molar-refractivity contribution in [3.63, 3.8) is 0 Å². The molecule has 0 atom stereocenters. The van der Waals surface area contributed by atoms with Crippen LogP contribution in [0.25, 0.3) is 10.8 Å². The van der Waals surface area contributed by atoms with Crippen LogP contribution in [0.4, 0.5) is 17.1 Å². The van der Waals surface area contributed by atoms with Gasteiger partial charge in [-0.3, -0.25) is 0 Å². The maximum Gasteiger partial charge on any atom is 0.0730 e. The molecular formula is C25H23N3. The van der Waals surface area contributed by atoms with Gasteiger partial charge >= 0.3 is 0 Å². The quantitative estimate of drug-likeness (QED) is 0.315. The molecule has 0 amide bonds. The Bertz CT molecular complexity index is 1080. The summed E-state index contributed by atoms with van der Waals surface area (Å²) < 4.78 is 0. The van der Waals surface area contributed by atoms with Crippen LogP contribution in [0, 0.1) is 0 Å². The number of benzene rings is 4. The Kier molecular flexibility index (Phi) is 5.07. The van der Waals surface area contributed by atoms with E-state index in [9.17, 15) is 0 Å². The minimum absolute atomic E-state index is 1.03. The highest BCUT2D eigenvalue weighted by atomic mass is 15.5. The molecule has 0 heterocycles. The van der Waals surface area contributed by atoms with Crippen LogP contribution in [0.15, 0.2) is 102 Å². The molecule has 0 fully saturated rings. The predicted molar refractivity (Wildman–Crippen MR) is 121 cm³/mol. The van der Waals surface area contributed by atoms with Gasteiger partial charge in [-0.05, 0) is 41.3 Å². The van der Waals surface area contributed by atoms with Crippen LogP contribution in [0.3, 0.4) is 0 Å². The van der Waals surface area contributed by atoms with E-state index in [0.29, 0.717) is 0 Å². The number of para-hydroxylation sites is 1. The van der Waals surface area contributed by atoms with E-state index in [1.165, 1.54) is 16.5 Å². The van der Waals surface area contributed by atoms with Crippen molar-refractivity contribution in [3.05, 3.63) is 103 Å². The van der Waals surface area contributed by atoms with Crippen molar-refractivity contribution in [2.75, 3.05) is 24.0 Å². The van der Waals surface area contributed by atoms with Crippen molar-refractivity contribution >= 4 is 34.0 Å². The van der Waals surface area contributed by atoms with E-state index in [-0.39, 0.29) is 0 Å². The van der Waals surface area contributed by atoms with Gasteiger partial charge in [0.15, 0.2) is 0 Å². The number of hydrazone groups is 1. The summed E-state index contributed by atoms with van der Waals surface area (Å²) in [5.74, 6) is 0. The van der Waals surface area contributed by atoms with E-state index in [1.54, 1.807) is 0 Å². The van der Waals surface area contributed by atoms with Gasteiger partial charge in [0, 0.05) is 25.2 Å². The molecule has 0 saturated heterocycles. The summed E-state index contributed by atoms with van der Waals surface area (Å²) in [6.07, 6.45) is 1.91. The fourth-order valence-corrected chi connectivity index (χ4v) is 3.21. The molecule has 4 rings (SSSR count). The smallest absolute Gasteiger partial charge is 0.0730 e. The summed E-state index contributed by atoms with van der Waals surface area (Å²) in [7, 11) is 4.08. The van der Waals surface area contributed by atoms with E-state index in [1.807, 2.05) is 43.5 Å². The first-order valence-electron chi connectivity index (χ1n) is 9.37.